The molecule has 4 nitrogen and oxygen atoms in total. The number of aliphatic hydroxyl groups excluding tert-OH is 1. The van der Waals surface area contributed by atoms with Crippen molar-refractivity contribution in [3.63, 3.8) is 0 Å². The molecule has 0 amide bonds. The van der Waals surface area contributed by atoms with Crippen LogP contribution in [0.3, 0.4) is 0 Å². The van der Waals surface area contributed by atoms with Gasteiger partial charge in [0.25, 0.3) is 0 Å². The third-order valence-electron chi connectivity index (χ3n) is 5.43. The predicted octanol–water partition coefficient (Wildman–Crippen LogP) is 3.96. The molecular formula is C21H26ClNO3S. The summed E-state index contributed by atoms with van der Waals surface area (Å²) in [6.07, 6.45) is 5.82. The van der Waals surface area contributed by atoms with Gasteiger partial charge in [-0.25, -0.2) is 13.1 Å². The van der Waals surface area contributed by atoms with Crippen LogP contribution in [0, 0.1) is 5.41 Å². The Morgan fingerprint density at radius 2 is 1.56 bits per heavy atom. The Kier molecular flexibility index (Phi) is 6.58. The van der Waals surface area contributed by atoms with Gasteiger partial charge < -0.3 is 5.11 Å². The van der Waals surface area contributed by atoms with E-state index in [0.717, 1.165) is 37.7 Å². The first-order valence-corrected chi connectivity index (χ1v) is 11.2. The van der Waals surface area contributed by atoms with Crippen molar-refractivity contribution in [3.8, 4) is 0 Å². The Morgan fingerprint density at radius 1 is 0.963 bits per heavy atom. The molecule has 0 aromatic heterocycles. The van der Waals surface area contributed by atoms with E-state index in [0.29, 0.717) is 18.0 Å². The van der Waals surface area contributed by atoms with Gasteiger partial charge in [0.2, 0.25) is 10.0 Å². The zero-order valence-corrected chi connectivity index (χ0v) is 16.9. The van der Waals surface area contributed by atoms with Crippen LogP contribution in [0.1, 0.15) is 36.8 Å². The highest BCUT2D eigenvalue weighted by Crippen LogP contribution is 2.40. The van der Waals surface area contributed by atoms with E-state index in [1.54, 1.807) is 12.1 Å². The monoisotopic (exact) mass is 407 g/mol. The second-order valence-corrected chi connectivity index (χ2v) is 9.66. The van der Waals surface area contributed by atoms with E-state index in [-0.39, 0.29) is 16.9 Å². The van der Waals surface area contributed by atoms with Crippen LogP contribution in [-0.4, -0.2) is 26.7 Å². The van der Waals surface area contributed by atoms with Crippen molar-refractivity contribution < 1.29 is 13.5 Å². The van der Waals surface area contributed by atoms with Crippen molar-refractivity contribution in [1.82, 2.24) is 4.72 Å². The maximum Gasteiger partial charge on any atom is 0.240 e. The zero-order valence-electron chi connectivity index (χ0n) is 15.3. The molecule has 1 saturated carbocycles. The van der Waals surface area contributed by atoms with E-state index >= 15 is 0 Å². The minimum absolute atomic E-state index is 0.0437. The Bertz CT molecular complexity index is 842. The molecule has 27 heavy (non-hydrogen) atoms. The van der Waals surface area contributed by atoms with Crippen molar-refractivity contribution >= 4 is 21.6 Å². The molecule has 0 atom stereocenters. The summed E-state index contributed by atoms with van der Waals surface area (Å²) < 4.78 is 28.1. The van der Waals surface area contributed by atoms with Crippen LogP contribution >= 0.6 is 11.6 Å². The number of hydrogen-bond acceptors (Lipinski definition) is 3. The standard InChI is InChI=1S/C21H26ClNO3S/c22-19-7-9-20(10-8-19)27(25,26)23-16-21(12-1-2-13-21)15-18-5-3-17(4-6-18)11-14-24/h3-10,23-24H,1-2,11-16H2. The summed E-state index contributed by atoms with van der Waals surface area (Å²) in [6.45, 7) is 0.589. The number of aliphatic hydroxyl groups is 1. The van der Waals surface area contributed by atoms with E-state index in [9.17, 15) is 8.42 Å². The van der Waals surface area contributed by atoms with Crippen molar-refractivity contribution in [1.29, 1.82) is 0 Å². The number of rotatable bonds is 8. The fraction of sp³-hybridized carbons (Fsp3) is 0.429. The van der Waals surface area contributed by atoms with Crippen LogP contribution < -0.4 is 4.72 Å². The molecule has 0 heterocycles. The first-order chi connectivity index (χ1) is 12.9. The zero-order chi connectivity index (χ0) is 19.3. The van der Waals surface area contributed by atoms with Crippen LogP contribution in [0.15, 0.2) is 53.4 Å². The molecule has 0 unspecified atom stereocenters. The smallest absolute Gasteiger partial charge is 0.240 e. The highest BCUT2D eigenvalue weighted by molar-refractivity contribution is 7.89. The second kappa shape index (κ2) is 8.74. The van der Waals surface area contributed by atoms with Gasteiger partial charge in [-0.15, -0.1) is 0 Å². The fourth-order valence-corrected chi connectivity index (χ4v) is 5.16. The van der Waals surface area contributed by atoms with Crippen molar-refractivity contribution in [3.05, 3.63) is 64.7 Å². The topological polar surface area (TPSA) is 66.4 Å². The molecule has 3 rings (SSSR count). The maximum absolute atomic E-state index is 12.6. The van der Waals surface area contributed by atoms with Gasteiger partial charge in [-0.05, 0) is 66.5 Å². The lowest BCUT2D eigenvalue weighted by Crippen LogP contribution is -2.37. The van der Waals surface area contributed by atoms with Gasteiger partial charge in [-0.2, -0.15) is 0 Å². The number of hydrogen-bond donors (Lipinski definition) is 2. The highest BCUT2D eigenvalue weighted by atomic mass is 35.5. The third kappa shape index (κ3) is 5.32. The quantitative estimate of drug-likeness (QED) is 0.696. The van der Waals surface area contributed by atoms with Gasteiger partial charge in [-0.1, -0.05) is 48.7 Å². The minimum atomic E-state index is -3.55. The molecular weight excluding hydrogens is 382 g/mol. The highest BCUT2D eigenvalue weighted by Gasteiger charge is 2.35. The fourth-order valence-electron chi connectivity index (χ4n) is 3.87. The first kappa shape index (κ1) is 20.3. The van der Waals surface area contributed by atoms with E-state index in [1.165, 1.54) is 17.7 Å². The largest absolute Gasteiger partial charge is 0.396 e. The Balaban J connectivity index is 1.70. The molecule has 1 fully saturated rings. The van der Waals surface area contributed by atoms with Crippen LogP contribution in [0.5, 0.6) is 0 Å². The summed E-state index contributed by atoms with van der Waals surface area (Å²) in [7, 11) is -3.55. The molecule has 146 valence electrons. The Hall–Kier alpha value is -1.40. The molecule has 1 aliphatic carbocycles. The molecule has 0 saturated heterocycles. The van der Waals surface area contributed by atoms with E-state index in [4.69, 9.17) is 16.7 Å². The molecule has 0 radical (unpaired) electrons. The van der Waals surface area contributed by atoms with Gasteiger partial charge in [0.05, 0.1) is 4.90 Å². The average Bonchev–Trinajstić information content (AvgIpc) is 3.11. The van der Waals surface area contributed by atoms with Gasteiger partial charge in [0.1, 0.15) is 0 Å². The summed E-state index contributed by atoms with van der Waals surface area (Å²) in [5.74, 6) is 0. The van der Waals surface area contributed by atoms with Gasteiger partial charge in [0.15, 0.2) is 0 Å². The van der Waals surface area contributed by atoms with Crippen molar-refractivity contribution in [2.75, 3.05) is 13.2 Å². The molecule has 2 aromatic rings. The second-order valence-electron chi connectivity index (χ2n) is 7.45. The van der Waals surface area contributed by atoms with Gasteiger partial charge in [-0.3, -0.25) is 0 Å². The van der Waals surface area contributed by atoms with Crippen LogP contribution in [0.4, 0.5) is 0 Å². The normalized spacial score (nSPS) is 16.5. The summed E-state index contributed by atoms with van der Waals surface area (Å²) in [5, 5.41) is 9.56. The lowest BCUT2D eigenvalue weighted by Gasteiger charge is -2.29. The summed E-state index contributed by atoms with van der Waals surface area (Å²) in [5.41, 5.74) is 2.28. The number of benzene rings is 2. The third-order valence-corrected chi connectivity index (χ3v) is 7.10. The predicted molar refractivity (Wildman–Crippen MR) is 108 cm³/mol. The molecule has 6 heteroatoms. The summed E-state index contributed by atoms with van der Waals surface area (Å²) in [6, 6.07) is 14.5. The molecule has 1 aliphatic rings. The minimum Gasteiger partial charge on any atom is -0.396 e. The first-order valence-electron chi connectivity index (χ1n) is 9.36. The lowest BCUT2D eigenvalue weighted by atomic mass is 9.80. The molecule has 0 spiro atoms. The van der Waals surface area contributed by atoms with Gasteiger partial charge in [0, 0.05) is 18.2 Å². The van der Waals surface area contributed by atoms with Crippen LogP contribution in [0.2, 0.25) is 5.02 Å². The summed E-state index contributed by atoms with van der Waals surface area (Å²) in [4.78, 5) is 0.244. The van der Waals surface area contributed by atoms with Gasteiger partial charge >= 0.3 is 0 Å². The Labute approximate surface area is 166 Å². The van der Waals surface area contributed by atoms with E-state index in [1.807, 2.05) is 12.1 Å². The molecule has 2 aromatic carbocycles. The van der Waals surface area contributed by atoms with Crippen molar-refractivity contribution in [2.45, 2.75) is 43.4 Å². The Morgan fingerprint density at radius 3 is 2.15 bits per heavy atom. The number of sulfonamides is 1. The molecule has 2 N–H and O–H groups in total. The average molecular weight is 408 g/mol. The molecule has 0 bridgehead atoms. The summed E-state index contributed by atoms with van der Waals surface area (Å²) >= 11 is 5.86. The maximum atomic E-state index is 12.6. The van der Waals surface area contributed by atoms with E-state index in [2.05, 4.69) is 16.9 Å². The number of nitrogens with one attached hydrogen (secondary N) is 1. The molecule has 0 aliphatic heterocycles. The SMILES string of the molecule is O=S(=O)(NCC1(Cc2ccc(CCO)cc2)CCCC1)c1ccc(Cl)cc1. The van der Waals surface area contributed by atoms with E-state index < -0.39 is 10.0 Å². The van der Waals surface area contributed by atoms with Crippen LogP contribution in [0.25, 0.3) is 0 Å². The lowest BCUT2D eigenvalue weighted by molar-refractivity contribution is 0.294. The van der Waals surface area contributed by atoms with Crippen molar-refractivity contribution in [2.24, 2.45) is 5.41 Å². The number of halogens is 1. The van der Waals surface area contributed by atoms with Crippen LogP contribution in [-0.2, 0) is 22.9 Å².